The van der Waals surface area contributed by atoms with Gasteiger partial charge < -0.3 is 9.84 Å². The Morgan fingerprint density at radius 3 is 2.80 bits per heavy atom. The van der Waals surface area contributed by atoms with Crippen LogP contribution in [0.3, 0.4) is 0 Å². The van der Waals surface area contributed by atoms with E-state index in [-0.39, 0.29) is 19.8 Å². The molecule has 0 unspecified atom stereocenters. The normalized spacial score (nSPS) is 10.9. The van der Waals surface area contributed by atoms with Crippen LogP contribution in [0.2, 0.25) is 0 Å². The predicted octanol–water partition coefficient (Wildman–Crippen LogP) is 0.484. The van der Waals surface area contributed by atoms with Crippen LogP contribution in [-0.4, -0.2) is 39.9 Å². The molecule has 0 radical (unpaired) electrons. The van der Waals surface area contributed by atoms with Crippen molar-refractivity contribution in [2.24, 2.45) is 0 Å². The lowest BCUT2D eigenvalue weighted by atomic mass is 10.2. The first-order chi connectivity index (χ1) is 9.51. The van der Waals surface area contributed by atoms with Crippen LogP contribution in [0.5, 0.6) is 0 Å². The minimum Gasteiger partial charge on any atom is -0.384 e. The number of hydrogen-bond donors (Lipinski definition) is 2. The van der Waals surface area contributed by atoms with Gasteiger partial charge in [0.1, 0.15) is 17.3 Å². The molecule has 0 amide bonds. The molecule has 20 heavy (non-hydrogen) atoms. The smallest absolute Gasteiger partial charge is 0.243 e. The van der Waals surface area contributed by atoms with Gasteiger partial charge in [-0.15, -0.1) is 0 Å². The van der Waals surface area contributed by atoms with E-state index >= 15 is 0 Å². The summed E-state index contributed by atoms with van der Waals surface area (Å²) in [6.07, 6.45) is 0. The highest BCUT2D eigenvalue weighted by molar-refractivity contribution is 7.89. The molecule has 0 bridgehead atoms. The molecule has 5 nitrogen and oxygen atoms in total. The third kappa shape index (κ3) is 4.90. The second-order valence-corrected chi connectivity index (χ2v) is 5.44. The second-order valence-electron chi connectivity index (χ2n) is 3.70. The molecule has 0 aliphatic rings. The van der Waals surface area contributed by atoms with E-state index < -0.39 is 20.7 Å². The summed E-state index contributed by atoms with van der Waals surface area (Å²) in [5.41, 5.74) is 0.296. The van der Waals surface area contributed by atoms with E-state index in [1.807, 2.05) is 0 Å². The molecule has 0 heterocycles. The molecule has 1 aromatic carbocycles. The molecule has 0 spiro atoms. The first-order valence-corrected chi connectivity index (χ1v) is 7.46. The van der Waals surface area contributed by atoms with Gasteiger partial charge in [-0.05, 0) is 25.1 Å². The van der Waals surface area contributed by atoms with Crippen LogP contribution in [0, 0.1) is 17.7 Å². The van der Waals surface area contributed by atoms with Gasteiger partial charge in [0.25, 0.3) is 0 Å². The molecule has 0 saturated heterocycles. The number of nitrogens with one attached hydrogen (secondary N) is 1. The molecule has 0 saturated carbocycles. The fraction of sp³-hybridized carbons (Fsp3) is 0.385. The molecule has 0 aliphatic carbocycles. The van der Waals surface area contributed by atoms with Crippen LogP contribution in [0.1, 0.15) is 12.5 Å². The fourth-order valence-electron chi connectivity index (χ4n) is 1.41. The van der Waals surface area contributed by atoms with E-state index in [4.69, 9.17) is 9.84 Å². The van der Waals surface area contributed by atoms with E-state index in [9.17, 15) is 12.8 Å². The number of halogens is 1. The van der Waals surface area contributed by atoms with Crippen LogP contribution in [0.4, 0.5) is 4.39 Å². The van der Waals surface area contributed by atoms with E-state index in [1.54, 1.807) is 6.92 Å². The third-order valence-electron chi connectivity index (χ3n) is 2.28. The average Bonchev–Trinajstić information content (AvgIpc) is 2.41. The SMILES string of the molecule is CCOCCNS(=O)(=O)c1ccc(C#CCO)cc1F. The summed E-state index contributed by atoms with van der Waals surface area (Å²) < 4.78 is 44.7. The van der Waals surface area contributed by atoms with Crippen LogP contribution in [0.25, 0.3) is 0 Å². The zero-order valence-electron chi connectivity index (χ0n) is 11.0. The average molecular weight is 301 g/mol. The molecular weight excluding hydrogens is 285 g/mol. The van der Waals surface area contributed by atoms with Crippen molar-refractivity contribution < 1.29 is 22.7 Å². The van der Waals surface area contributed by atoms with Gasteiger partial charge in [-0.25, -0.2) is 17.5 Å². The van der Waals surface area contributed by atoms with Crippen LogP contribution >= 0.6 is 0 Å². The first kappa shape index (κ1) is 16.6. The quantitative estimate of drug-likeness (QED) is 0.592. The minimum absolute atomic E-state index is 0.0711. The van der Waals surface area contributed by atoms with Crippen LogP contribution in [-0.2, 0) is 14.8 Å². The third-order valence-corrected chi connectivity index (χ3v) is 3.77. The Kier molecular flexibility index (Phi) is 6.61. The Morgan fingerprint density at radius 2 is 2.20 bits per heavy atom. The Bertz CT molecular complexity index is 605. The molecular formula is C13H16FNO4S. The summed E-state index contributed by atoms with van der Waals surface area (Å²) in [7, 11) is -3.91. The number of aliphatic hydroxyl groups excluding tert-OH is 1. The Morgan fingerprint density at radius 1 is 1.45 bits per heavy atom. The highest BCUT2D eigenvalue weighted by Gasteiger charge is 2.18. The first-order valence-electron chi connectivity index (χ1n) is 5.98. The topological polar surface area (TPSA) is 75.6 Å². The van der Waals surface area contributed by atoms with Crippen molar-refractivity contribution in [2.75, 3.05) is 26.4 Å². The molecule has 0 aromatic heterocycles. The maximum atomic E-state index is 13.8. The summed E-state index contributed by atoms with van der Waals surface area (Å²) in [5, 5.41) is 8.54. The van der Waals surface area contributed by atoms with Gasteiger partial charge in [0.15, 0.2) is 0 Å². The number of aliphatic hydroxyl groups is 1. The largest absolute Gasteiger partial charge is 0.384 e. The van der Waals surface area contributed by atoms with E-state index in [2.05, 4.69) is 16.6 Å². The molecule has 1 aromatic rings. The van der Waals surface area contributed by atoms with Crippen molar-refractivity contribution in [1.29, 1.82) is 0 Å². The number of benzene rings is 1. The summed E-state index contributed by atoms with van der Waals surface area (Å²) in [4.78, 5) is -0.441. The fourth-order valence-corrected chi connectivity index (χ4v) is 2.48. The number of ether oxygens (including phenoxy) is 1. The van der Waals surface area contributed by atoms with Gasteiger partial charge in [-0.3, -0.25) is 0 Å². The summed E-state index contributed by atoms with van der Waals surface area (Å²) in [5.74, 6) is 3.96. The van der Waals surface area contributed by atoms with E-state index in [1.165, 1.54) is 6.07 Å². The maximum absolute atomic E-state index is 13.8. The van der Waals surface area contributed by atoms with E-state index in [0.29, 0.717) is 12.2 Å². The Balaban J connectivity index is 2.85. The molecule has 110 valence electrons. The zero-order chi connectivity index (χ0) is 15.0. The lowest BCUT2D eigenvalue weighted by Gasteiger charge is -2.08. The van der Waals surface area contributed by atoms with Gasteiger partial charge in [0.2, 0.25) is 10.0 Å². The molecule has 0 aliphatic heterocycles. The molecule has 2 N–H and O–H groups in total. The molecule has 7 heteroatoms. The lowest BCUT2D eigenvalue weighted by molar-refractivity contribution is 0.153. The van der Waals surface area contributed by atoms with Gasteiger partial charge >= 0.3 is 0 Å². The van der Waals surface area contributed by atoms with Crippen molar-refractivity contribution in [3.8, 4) is 11.8 Å². The van der Waals surface area contributed by atoms with Crippen molar-refractivity contribution in [3.63, 3.8) is 0 Å². The standard InChI is InChI=1S/C13H16FNO4S/c1-2-19-9-7-15-20(17,18)13-6-5-11(4-3-8-16)10-12(13)14/h5-6,10,15-16H,2,7-9H2,1H3. The summed E-state index contributed by atoms with van der Waals surface area (Å²) in [6.45, 7) is 2.22. The predicted molar refractivity (Wildman–Crippen MR) is 72.0 cm³/mol. The number of hydrogen-bond acceptors (Lipinski definition) is 4. The summed E-state index contributed by atoms with van der Waals surface area (Å²) in [6, 6.07) is 3.53. The van der Waals surface area contributed by atoms with Crippen molar-refractivity contribution in [3.05, 3.63) is 29.6 Å². The monoisotopic (exact) mass is 301 g/mol. The maximum Gasteiger partial charge on any atom is 0.243 e. The number of rotatable bonds is 6. The molecule has 1 rings (SSSR count). The highest BCUT2D eigenvalue weighted by Crippen LogP contribution is 2.15. The Labute approximate surface area is 117 Å². The number of sulfonamides is 1. The minimum atomic E-state index is -3.91. The highest BCUT2D eigenvalue weighted by atomic mass is 32.2. The lowest BCUT2D eigenvalue weighted by Crippen LogP contribution is -2.28. The van der Waals surface area contributed by atoms with Crippen molar-refractivity contribution in [1.82, 2.24) is 4.72 Å². The Hall–Kier alpha value is -1.46. The van der Waals surface area contributed by atoms with Crippen molar-refractivity contribution in [2.45, 2.75) is 11.8 Å². The molecule has 0 atom stereocenters. The van der Waals surface area contributed by atoms with E-state index in [0.717, 1.165) is 12.1 Å². The van der Waals surface area contributed by atoms with Gasteiger partial charge in [-0.2, -0.15) is 0 Å². The van der Waals surface area contributed by atoms with Crippen LogP contribution < -0.4 is 4.72 Å². The zero-order valence-corrected chi connectivity index (χ0v) is 11.8. The van der Waals surface area contributed by atoms with Crippen molar-refractivity contribution >= 4 is 10.0 Å². The molecule has 0 fully saturated rings. The second kappa shape index (κ2) is 7.97. The van der Waals surface area contributed by atoms with Gasteiger partial charge in [0.05, 0.1) is 6.61 Å². The van der Waals surface area contributed by atoms with Crippen LogP contribution in [0.15, 0.2) is 23.1 Å². The summed E-state index contributed by atoms with van der Waals surface area (Å²) >= 11 is 0. The van der Waals surface area contributed by atoms with Gasteiger partial charge in [-0.1, -0.05) is 11.8 Å². The van der Waals surface area contributed by atoms with Gasteiger partial charge in [0, 0.05) is 18.7 Å².